The van der Waals surface area contributed by atoms with Crippen LogP contribution in [0.5, 0.6) is 0 Å². The Balaban J connectivity index is 1.96. The average molecular weight is 283 g/mol. The molecule has 0 saturated carbocycles. The summed E-state index contributed by atoms with van der Waals surface area (Å²) in [5, 5.41) is 4.17. The highest BCUT2D eigenvalue weighted by molar-refractivity contribution is 6.07. The van der Waals surface area contributed by atoms with Crippen LogP contribution in [0.15, 0.2) is 30.3 Å². The third-order valence-corrected chi connectivity index (χ3v) is 3.73. The first-order valence-electron chi connectivity index (χ1n) is 7.07. The van der Waals surface area contributed by atoms with Crippen molar-refractivity contribution in [2.45, 2.75) is 26.3 Å². The molecule has 1 aromatic carbocycles. The van der Waals surface area contributed by atoms with Crippen molar-refractivity contribution in [2.75, 3.05) is 11.9 Å². The number of likely N-dealkylation sites (N-methyl/N-ethyl adjacent to an activating group) is 1. The van der Waals surface area contributed by atoms with Gasteiger partial charge in [-0.1, -0.05) is 18.2 Å². The first-order valence-corrected chi connectivity index (χ1v) is 7.07. The second kappa shape index (κ2) is 5.16. The van der Waals surface area contributed by atoms with Crippen LogP contribution in [0.2, 0.25) is 0 Å². The summed E-state index contributed by atoms with van der Waals surface area (Å²) < 4.78 is 0. The highest BCUT2D eigenvalue weighted by atomic mass is 16.2. The Morgan fingerprint density at radius 1 is 1.33 bits per heavy atom. The number of likely N-dealkylation sites (tertiary alicyclic amines) is 1. The van der Waals surface area contributed by atoms with Crippen molar-refractivity contribution in [2.24, 2.45) is 0 Å². The van der Waals surface area contributed by atoms with Gasteiger partial charge in [0.1, 0.15) is 6.04 Å². The number of hydrogen-bond donors (Lipinski definition) is 1. The summed E-state index contributed by atoms with van der Waals surface area (Å²) in [4.78, 5) is 29.8. The number of imide groups is 1. The first-order chi connectivity index (χ1) is 10.1. The number of hydrogen-bond acceptors (Lipinski definition) is 4. The maximum atomic E-state index is 12.2. The van der Waals surface area contributed by atoms with Gasteiger partial charge in [-0.05, 0) is 26.0 Å². The number of anilines is 1. The largest absolute Gasteiger partial charge is 0.373 e. The van der Waals surface area contributed by atoms with E-state index in [-0.39, 0.29) is 18.2 Å². The van der Waals surface area contributed by atoms with E-state index in [4.69, 9.17) is 0 Å². The lowest BCUT2D eigenvalue weighted by atomic mass is 10.1. The second-order valence-corrected chi connectivity index (χ2v) is 5.21. The van der Waals surface area contributed by atoms with Crippen LogP contribution >= 0.6 is 0 Å². The number of fused-ring (bicyclic) bond motifs is 1. The molecule has 1 aromatic heterocycles. The molecule has 0 spiro atoms. The molecule has 3 rings (SSSR count). The Kier molecular flexibility index (Phi) is 3.33. The standard InChI is InChI=1S/C16H17N3O2/c1-3-19-15(20)9-14(16(19)21)18-13-8-10(2)17-12-7-5-4-6-11(12)13/h4-8,14H,3,9H2,1-2H3,(H,17,18). The van der Waals surface area contributed by atoms with E-state index >= 15 is 0 Å². The van der Waals surface area contributed by atoms with Crippen LogP contribution in [-0.4, -0.2) is 34.3 Å². The molecule has 1 unspecified atom stereocenters. The predicted octanol–water partition coefficient (Wildman–Crippen LogP) is 2.10. The molecule has 1 aliphatic heterocycles. The molecule has 2 aromatic rings. The maximum absolute atomic E-state index is 12.2. The van der Waals surface area contributed by atoms with E-state index in [0.29, 0.717) is 6.54 Å². The van der Waals surface area contributed by atoms with Crippen LogP contribution < -0.4 is 5.32 Å². The summed E-state index contributed by atoms with van der Waals surface area (Å²) in [5.74, 6) is -0.267. The molecule has 108 valence electrons. The number of aryl methyl sites for hydroxylation is 1. The van der Waals surface area contributed by atoms with Gasteiger partial charge in [-0.3, -0.25) is 19.5 Å². The summed E-state index contributed by atoms with van der Waals surface area (Å²) in [7, 11) is 0. The van der Waals surface area contributed by atoms with Crippen molar-refractivity contribution < 1.29 is 9.59 Å². The molecule has 1 fully saturated rings. The lowest BCUT2D eigenvalue weighted by molar-refractivity contribution is -0.138. The summed E-state index contributed by atoms with van der Waals surface area (Å²) in [6.07, 6.45) is 0.211. The van der Waals surface area contributed by atoms with Gasteiger partial charge in [0.05, 0.1) is 11.9 Å². The van der Waals surface area contributed by atoms with Crippen molar-refractivity contribution in [3.8, 4) is 0 Å². The van der Waals surface area contributed by atoms with E-state index in [1.54, 1.807) is 0 Å². The summed E-state index contributed by atoms with van der Waals surface area (Å²) in [6.45, 7) is 4.15. The monoisotopic (exact) mass is 283 g/mol. The van der Waals surface area contributed by atoms with Gasteiger partial charge < -0.3 is 5.32 Å². The number of nitrogens with one attached hydrogen (secondary N) is 1. The number of amides is 2. The van der Waals surface area contributed by atoms with E-state index in [9.17, 15) is 9.59 Å². The van der Waals surface area contributed by atoms with Crippen LogP contribution in [0.25, 0.3) is 10.9 Å². The molecule has 1 atom stereocenters. The quantitative estimate of drug-likeness (QED) is 0.876. The maximum Gasteiger partial charge on any atom is 0.252 e. The Bertz CT molecular complexity index is 727. The van der Waals surface area contributed by atoms with Crippen molar-refractivity contribution in [1.29, 1.82) is 0 Å². The van der Waals surface area contributed by atoms with Gasteiger partial charge in [0, 0.05) is 23.3 Å². The predicted molar refractivity (Wildman–Crippen MR) is 80.9 cm³/mol. The molecule has 2 heterocycles. The molecule has 0 bridgehead atoms. The SMILES string of the molecule is CCN1C(=O)CC(Nc2cc(C)nc3ccccc23)C1=O. The number of pyridine rings is 1. The first kappa shape index (κ1) is 13.5. The normalized spacial score (nSPS) is 18.6. The molecule has 2 amide bonds. The van der Waals surface area contributed by atoms with Crippen LogP contribution in [-0.2, 0) is 9.59 Å². The van der Waals surface area contributed by atoms with Crippen LogP contribution in [0, 0.1) is 6.92 Å². The van der Waals surface area contributed by atoms with E-state index in [1.165, 1.54) is 4.90 Å². The Hall–Kier alpha value is -2.43. The molecule has 0 aliphatic carbocycles. The molecule has 1 saturated heterocycles. The fourth-order valence-corrected chi connectivity index (χ4v) is 2.74. The lowest BCUT2D eigenvalue weighted by Gasteiger charge is -2.16. The van der Waals surface area contributed by atoms with E-state index in [1.807, 2.05) is 44.2 Å². The van der Waals surface area contributed by atoms with Gasteiger partial charge >= 0.3 is 0 Å². The third kappa shape index (κ3) is 2.35. The van der Waals surface area contributed by atoms with E-state index in [2.05, 4.69) is 10.3 Å². The molecule has 1 aliphatic rings. The third-order valence-electron chi connectivity index (χ3n) is 3.73. The number of carbonyl (C=O) groups excluding carboxylic acids is 2. The highest BCUT2D eigenvalue weighted by Crippen LogP contribution is 2.26. The number of carbonyl (C=O) groups is 2. The Labute approximate surface area is 123 Å². The van der Waals surface area contributed by atoms with Gasteiger partial charge in [-0.25, -0.2) is 0 Å². The van der Waals surface area contributed by atoms with E-state index in [0.717, 1.165) is 22.3 Å². The summed E-state index contributed by atoms with van der Waals surface area (Å²) in [6, 6.07) is 9.19. The fraction of sp³-hybridized carbons (Fsp3) is 0.312. The lowest BCUT2D eigenvalue weighted by Crippen LogP contribution is -2.34. The zero-order valence-electron chi connectivity index (χ0n) is 12.1. The Morgan fingerprint density at radius 3 is 2.81 bits per heavy atom. The molecule has 5 nitrogen and oxygen atoms in total. The van der Waals surface area contributed by atoms with E-state index < -0.39 is 6.04 Å². The second-order valence-electron chi connectivity index (χ2n) is 5.21. The minimum Gasteiger partial charge on any atom is -0.373 e. The minimum atomic E-state index is -0.484. The highest BCUT2D eigenvalue weighted by Gasteiger charge is 2.37. The molecule has 0 radical (unpaired) electrons. The van der Waals surface area contributed by atoms with Crippen molar-refractivity contribution >= 4 is 28.4 Å². The van der Waals surface area contributed by atoms with Gasteiger partial charge in [-0.2, -0.15) is 0 Å². The summed E-state index contributed by atoms with van der Waals surface area (Å²) in [5.41, 5.74) is 2.60. The average Bonchev–Trinajstić information content (AvgIpc) is 2.72. The zero-order chi connectivity index (χ0) is 15.0. The fourth-order valence-electron chi connectivity index (χ4n) is 2.74. The number of aromatic nitrogens is 1. The summed E-state index contributed by atoms with van der Waals surface area (Å²) >= 11 is 0. The number of nitrogens with zero attached hydrogens (tertiary/aromatic N) is 2. The smallest absolute Gasteiger partial charge is 0.252 e. The van der Waals surface area contributed by atoms with Gasteiger partial charge in [0.15, 0.2) is 0 Å². The molecule has 1 N–H and O–H groups in total. The topological polar surface area (TPSA) is 62.3 Å². The van der Waals surface area contributed by atoms with Crippen molar-refractivity contribution in [1.82, 2.24) is 9.88 Å². The number of benzene rings is 1. The van der Waals surface area contributed by atoms with Crippen LogP contribution in [0.4, 0.5) is 5.69 Å². The minimum absolute atomic E-state index is 0.116. The molecule has 21 heavy (non-hydrogen) atoms. The number of rotatable bonds is 3. The van der Waals surface area contributed by atoms with Gasteiger partial charge in [0.25, 0.3) is 5.91 Å². The van der Waals surface area contributed by atoms with Crippen LogP contribution in [0.3, 0.4) is 0 Å². The zero-order valence-corrected chi connectivity index (χ0v) is 12.1. The molecule has 5 heteroatoms. The van der Waals surface area contributed by atoms with Crippen molar-refractivity contribution in [3.63, 3.8) is 0 Å². The molecular weight excluding hydrogens is 266 g/mol. The molecular formula is C16H17N3O2. The van der Waals surface area contributed by atoms with Gasteiger partial charge in [-0.15, -0.1) is 0 Å². The Morgan fingerprint density at radius 2 is 2.10 bits per heavy atom. The van der Waals surface area contributed by atoms with Gasteiger partial charge in [0.2, 0.25) is 5.91 Å². The van der Waals surface area contributed by atoms with Crippen LogP contribution in [0.1, 0.15) is 19.0 Å². The van der Waals surface area contributed by atoms with Crippen molar-refractivity contribution in [3.05, 3.63) is 36.0 Å². The number of para-hydroxylation sites is 1.